The first-order valence-electron chi connectivity index (χ1n) is 18.3. The number of hydrogen-bond donors (Lipinski definition) is 3. The van der Waals surface area contributed by atoms with Gasteiger partial charge in [-0.1, -0.05) is 109 Å². The first kappa shape index (κ1) is 53.2. The largest absolute Gasteiger partial charge is 3.00 e. The van der Waals surface area contributed by atoms with Gasteiger partial charge in [-0.05, 0) is 22.9 Å². The van der Waals surface area contributed by atoms with Crippen LogP contribution >= 0.6 is 0 Å². The third-order valence-corrected chi connectivity index (χ3v) is 7.62. The number of ketones is 3. The SMILES string of the molecule is CC(=O)NCC(=O)C(=O)[O-].CC(=O)NCC(=O)C(=O)[O-].CC(=O)NCC(=O)C(=O)[O-].[Ir+3].c1ccc(-c2nccc3ccccc23)cc1.c1ccc(-c2nccc3ccccc23)cc1. The molecule has 63 heavy (non-hydrogen) atoms. The molecule has 0 saturated heterocycles. The van der Waals surface area contributed by atoms with Crippen LogP contribution in [0.25, 0.3) is 44.1 Å². The summed E-state index contributed by atoms with van der Waals surface area (Å²) in [7, 11) is 0. The molecule has 0 atom stereocenters. The fraction of sp³-hybridized carbons (Fsp3) is 0.133. The van der Waals surface area contributed by atoms with Crippen LogP contribution in [0.15, 0.2) is 134 Å². The molecule has 0 bridgehead atoms. The molecular weight excluding hydrogens is 995 g/mol. The van der Waals surface area contributed by atoms with Gasteiger partial charge >= 0.3 is 20.1 Å². The summed E-state index contributed by atoms with van der Waals surface area (Å²) in [6.45, 7) is 2.04. The molecule has 0 spiro atoms. The number of carboxylic acids is 3. The minimum Gasteiger partial charge on any atom is -0.542 e. The van der Waals surface area contributed by atoms with Crippen molar-refractivity contribution in [2.45, 2.75) is 20.8 Å². The molecule has 0 fully saturated rings. The Morgan fingerprint density at radius 3 is 0.952 bits per heavy atom. The fourth-order valence-corrected chi connectivity index (χ4v) is 4.72. The standard InChI is InChI=1S/2C15H11N.3C5H7NO4.Ir/c2*1-2-7-13(8-3-1)15-14-9-5-4-6-12(14)10-11-16-15;3*1-3(7)6-2-4(8)5(9)10;/h2*1-11H;3*2H2,1H3,(H,6,7)(H,9,10);/q;;;;;+3/p-3. The van der Waals surface area contributed by atoms with Gasteiger partial charge in [0.25, 0.3) is 0 Å². The van der Waals surface area contributed by atoms with Gasteiger partial charge in [0.2, 0.25) is 17.7 Å². The number of hydrogen-bond acceptors (Lipinski definition) is 14. The number of aromatic nitrogens is 2. The zero-order valence-corrected chi connectivity index (χ0v) is 36.3. The summed E-state index contributed by atoms with van der Waals surface area (Å²) in [6, 6.07) is 41.3. The number of amides is 3. The number of aliphatic carboxylic acids is 3. The van der Waals surface area contributed by atoms with Crippen LogP contribution in [0.2, 0.25) is 0 Å². The van der Waals surface area contributed by atoms with Crippen molar-refractivity contribution in [3.8, 4) is 22.5 Å². The minimum atomic E-state index is -1.78. The zero-order valence-electron chi connectivity index (χ0n) is 33.9. The van der Waals surface area contributed by atoms with Crippen molar-refractivity contribution in [2.24, 2.45) is 0 Å². The normalized spacial score (nSPS) is 9.38. The van der Waals surface area contributed by atoms with Gasteiger partial charge in [0.05, 0.1) is 31.0 Å². The van der Waals surface area contributed by atoms with E-state index in [0.29, 0.717) is 0 Å². The van der Waals surface area contributed by atoms with E-state index in [2.05, 4.69) is 82.8 Å². The van der Waals surface area contributed by atoms with E-state index in [1.165, 1.54) is 53.4 Å². The van der Waals surface area contributed by atoms with E-state index in [-0.39, 0.29) is 20.1 Å². The quantitative estimate of drug-likeness (QED) is 0.146. The molecule has 3 N–H and O–H groups in total. The Morgan fingerprint density at radius 2 is 0.683 bits per heavy atom. The van der Waals surface area contributed by atoms with Crippen molar-refractivity contribution in [1.29, 1.82) is 0 Å². The van der Waals surface area contributed by atoms with Gasteiger partial charge < -0.3 is 45.7 Å². The van der Waals surface area contributed by atoms with E-state index in [0.717, 1.165) is 11.4 Å². The van der Waals surface area contributed by atoms with Gasteiger partial charge in [-0.3, -0.25) is 38.7 Å². The third kappa shape index (κ3) is 20.3. The molecule has 18 heteroatoms. The van der Waals surface area contributed by atoms with Crippen LogP contribution in [0.1, 0.15) is 20.8 Å². The molecule has 0 unspecified atom stereocenters. The summed E-state index contributed by atoms with van der Waals surface area (Å²) in [5, 5.41) is 40.0. The maximum atomic E-state index is 10.2. The van der Waals surface area contributed by atoms with Crippen LogP contribution in [-0.4, -0.2) is 82.6 Å². The molecule has 2 heterocycles. The molecule has 0 aliphatic rings. The summed E-state index contributed by atoms with van der Waals surface area (Å²) in [6.07, 6.45) is 3.73. The van der Waals surface area contributed by atoms with E-state index in [4.69, 9.17) is 0 Å². The Bertz CT molecular complexity index is 2300. The van der Waals surface area contributed by atoms with Crippen molar-refractivity contribution in [1.82, 2.24) is 25.9 Å². The molecular formula is C45H40IrN5O12. The van der Waals surface area contributed by atoms with Crippen molar-refractivity contribution < 1.29 is 78.6 Å². The van der Waals surface area contributed by atoms with Crippen LogP contribution in [0, 0.1) is 0 Å². The Balaban J connectivity index is 0.000000402. The first-order valence-corrected chi connectivity index (χ1v) is 18.3. The number of rotatable bonds is 11. The Morgan fingerprint density at radius 1 is 0.413 bits per heavy atom. The Labute approximate surface area is 374 Å². The second-order valence-electron chi connectivity index (χ2n) is 12.4. The summed E-state index contributed by atoms with van der Waals surface area (Å²) in [5.41, 5.74) is 4.44. The number of fused-ring (bicyclic) bond motifs is 2. The van der Waals surface area contributed by atoms with Crippen LogP contribution < -0.4 is 31.3 Å². The van der Waals surface area contributed by atoms with Gasteiger partial charge in [-0.2, -0.15) is 0 Å². The smallest absolute Gasteiger partial charge is 0.542 e. The number of Topliss-reactive ketones (excluding diaryl/α,β-unsaturated/α-hetero) is 3. The summed E-state index contributed by atoms with van der Waals surface area (Å²) < 4.78 is 0. The number of pyridine rings is 2. The van der Waals surface area contributed by atoms with Gasteiger partial charge in [0, 0.05) is 55.1 Å². The molecule has 17 nitrogen and oxygen atoms in total. The van der Waals surface area contributed by atoms with Crippen molar-refractivity contribution in [3.05, 3.63) is 134 Å². The van der Waals surface area contributed by atoms with Crippen molar-refractivity contribution >= 4 is 74.5 Å². The van der Waals surface area contributed by atoms with Crippen LogP contribution in [0.4, 0.5) is 0 Å². The van der Waals surface area contributed by atoms with Crippen molar-refractivity contribution in [3.63, 3.8) is 0 Å². The molecule has 6 aromatic rings. The number of nitrogens with zero attached hydrogens (tertiary/aromatic N) is 2. The van der Waals surface area contributed by atoms with Gasteiger partial charge in [-0.15, -0.1) is 0 Å². The molecule has 3 amide bonds. The van der Waals surface area contributed by atoms with E-state index >= 15 is 0 Å². The predicted molar refractivity (Wildman–Crippen MR) is 220 cm³/mol. The van der Waals surface area contributed by atoms with Gasteiger partial charge in [-0.25, -0.2) is 0 Å². The van der Waals surface area contributed by atoms with E-state index < -0.39 is 72.6 Å². The summed E-state index contributed by atoms with van der Waals surface area (Å²) in [4.78, 5) is 98.8. The topological polar surface area (TPSA) is 285 Å². The van der Waals surface area contributed by atoms with E-state index in [1.807, 2.05) is 76.9 Å². The second-order valence-corrected chi connectivity index (χ2v) is 12.4. The maximum Gasteiger partial charge on any atom is 3.00 e. The average Bonchev–Trinajstić information content (AvgIpc) is 3.27. The maximum absolute atomic E-state index is 10.2. The molecule has 4 aromatic carbocycles. The van der Waals surface area contributed by atoms with Crippen LogP contribution in [-0.2, 0) is 63.3 Å². The number of benzene rings is 4. The summed E-state index contributed by atoms with van der Waals surface area (Å²) in [5.74, 6) is -10.1. The number of nitrogens with one attached hydrogen (secondary N) is 3. The van der Waals surface area contributed by atoms with Crippen LogP contribution in [0.5, 0.6) is 0 Å². The molecule has 326 valence electrons. The van der Waals surface area contributed by atoms with Crippen molar-refractivity contribution in [2.75, 3.05) is 19.6 Å². The van der Waals surface area contributed by atoms with E-state index in [1.54, 1.807) is 0 Å². The number of carboxylic acid groups (broad SMARTS) is 3. The molecule has 0 radical (unpaired) electrons. The number of carbonyl (C=O) groups excluding carboxylic acids is 9. The molecule has 0 saturated carbocycles. The molecule has 0 aliphatic carbocycles. The van der Waals surface area contributed by atoms with E-state index in [9.17, 15) is 58.5 Å². The third-order valence-electron chi connectivity index (χ3n) is 7.62. The van der Waals surface area contributed by atoms with Crippen LogP contribution in [0.3, 0.4) is 0 Å². The summed E-state index contributed by atoms with van der Waals surface area (Å²) >= 11 is 0. The average molecular weight is 1040 g/mol. The monoisotopic (exact) mass is 1040 g/mol. The fourth-order valence-electron chi connectivity index (χ4n) is 4.72. The number of carbonyl (C=O) groups is 9. The Hall–Kier alpha value is -7.82. The molecule has 0 aliphatic heterocycles. The zero-order chi connectivity index (χ0) is 46.0. The minimum absolute atomic E-state index is 0. The Kier molecular flexibility index (Phi) is 24.2. The van der Waals surface area contributed by atoms with Gasteiger partial charge in [0.1, 0.15) is 17.9 Å². The predicted octanol–water partition coefficient (Wildman–Crippen LogP) is 0.126. The first-order chi connectivity index (χ1) is 29.5. The second kappa shape index (κ2) is 28.6. The molecule has 6 rings (SSSR count). The van der Waals surface area contributed by atoms with Gasteiger partial charge in [0.15, 0.2) is 17.3 Å². The molecule has 2 aromatic heterocycles.